The number of Topliss-reactive ketones (excluding diaryl/α,β-unsaturated/α-hetero) is 1. The van der Waals surface area contributed by atoms with Crippen LogP contribution in [0, 0.1) is 6.92 Å². The van der Waals surface area contributed by atoms with Crippen molar-refractivity contribution in [1.82, 2.24) is 0 Å². The maximum absolute atomic E-state index is 12.1. The summed E-state index contributed by atoms with van der Waals surface area (Å²) < 4.78 is 24.2. The molecule has 2 rings (SSSR count). The first-order valence-corrected chi connectivity index (χ1v) is 8.61. The molecule has 110 valence electrons. The molecular formula is C16H15ClO3S. The van der Waals surface area contributed by atoms with Gasteiger partial charge in [0, 0.05) is 10.6 Å². The minimum absolute atomic E-state index is 0.232. The van der Waals surface area contributed by atoms with Crippen LogP contribution in [-0.2, 0) is 15.6 Å². The zero-order valence-electron chi connectivity index (χ0n) is 11.5. The van der Waals surface area contributed by atoms with Gasteiger partial charge < -0.3 is 0 Å². The second-order valence-electron chi connectivity index (χ2n) is 4.91. The largest absolute Gasteiger partial charge is 0.293 e. The van der Waals surface area contributed by atoms with Gasteiger partial charge in [0.2, 0.25) is 0 Å². The molecule has 0 aliphatic heterocycles. The van der Waals surface area contributed by atoms with Crippen LogP contribution in [0.5, 0.6) is 0 Å². The van der Waals surface area contributed by atoms with Gasteiger partial charge in [0.15, 0.2) is 15.6 Å². The van der Waals surface area contributed by atoms with Gasteiger partial charge in [-0.1, -0.05) is 59.6 Å². The van der Waals surface area contributed by atoms with Crippen molar-refractivity contribution in [1.29, 1.82) is 0 Å². The SMILES string of the molecule is Cc1ccc(C(=O)CS(=O)(=O)Cc2ccccc2Cl)cc1. The van der Waals surface area contributed by atoms with Crippen LogP contribution in [0.4, 0.5) is 0 Å². The van der Waals surface area contributed by atoms with Crippen molar-refractivity contribution < 1.29 is 13.2 Å². The molecule has 0 aliphatic rings. The average molecular weight is 323 g/mol. The molecule has 0 saturated carbocycles. The zero-order chi connectivity index (χ0) is 15.5. The third-order valence-electron chi connectivity index (χ3n) is 3.06. The highest BCUT2D eigenvalue weighted by molar-refractivity contribution is 7.91. The fourth-order valence-corrected chi connectivity index (χ4v) is 3.60. The molecule has 0 aromatic heterocycles. The van der Waals surface area contributed by atoms with Gasteiger partial charge in [-0.05, 0) is 18.6 Å². The average Bonchev–Trinajstić information content (AvgIpc) is 2.41. The van der Waals surface area contributed by atoms with E-state index in [-0.39, 0.29) is 5.75 Å². The Kier molecular flexibility index (Phi) is 4.80. The van der Waals surface area contributed by atoms with E-state index in [1.54, 1.807) is 48.5 Å². The topological polar surface area (TPSA) is 51.2 Å². The summed E-state index contributed by atoms with van der Waals surface area (Å²) in [5, 5.41) is 0.392. The molecule has 2 aromatic carbocycles. The minimum atomic E-state index is -3.55. The van der Waals surface area contributed by atoms with E-state index in [1.807, 2.05) is 6.92 Å². The number of hydrogen-bond acceptors (Lipinski definition) is 3. The summed E-state index contributed by atoms with van der Waals surface area (Å²) in [5.41, 5.74) is 1.93. The number of sulfone groups is 1. The van der Waals surface area contributed by atoms with Crippen molar-refractivity contribution >= 4 is 27.2 Å². The first-order valence-electron chi connectivity index (χ1n) is 6.41. The van der Waals surface area contributed by atoms with Crippen molar-refractivity contribution in [3.8, 4) is 0 Å². The van der Waals surface area contributed by atoms with Crippen molar-refractivity contribution in [3.63, 3.8) is 0 Å². The van der Waals surface area contributed by atoms with Crippen molar-refractivity contribution in [2.24, 2.45) is 0 Å². The molecule has 0 heterocycles. The van der Waals surface area contributed by atoms with Crippen LogP contribution in [0.2, 0.25) is 5.02 Å². The highest BCUT2D eigenvalue weighted by Crippen LogP contribution is 2.18. The van der Waals surface area contributed by atoms with Crippen LogP contribution in [0.1, 0.15) is 21.5 Å². The summed E-state index contributed by atoms with van der Waals surface area (Å²) >= 11 is 5.95. The second kappa shape index (κ2) is 6.41. The highest BCUT2D eigenvalue weighted by atomic mass is 35.5. The molecule has 0 N–H and O–H groups in total. The monoisotopic (exact) mass is 322 g/mol. The van der Waals surface area contributed by atoms with E-state index in [0.717, 1.165) is 5.56 Å². The van der Waals surface area contributed by atoms with Gasteiger partial charge in [-0.3, -0.25) is 4.79 Å². The molecule has 0 bridgehead atoms. The summed E-state index contributed by atoms with van der Waals surface area (Å²) in [4.78, 5) is 12.0. The van der Waals surface area contributed by atoms with Crippen LogP contribution in [0.25, 0.3) is 0 Å². The maximum Gasteiger partial charge on any atom is 0.177 e. The summed E-state index contributed by atoms with van der Waals surface area (Å²) in [5.74, 6) is -1.15. The second-order valence-corrected chi connectivity index (χ2v) is 7.38. The van der Waals surface area contributed by atoms with Crippen LogP contribution < -0.4 is 0 Å². The fraction of sp³-hybridized carbons (Fsp3) is 0.188. The van der Waals surface area contributed by atoms with Gasteiger partial charge in [0.25, 0.3) is 0 Å². The minimum Gasteiger partial charge on any atom is -0.293 e. The lowest BCUT2D eigenvalue weighted by Crippen LogP contribution is -2.18. The Hall–Kier alpha value is -1.65. The standard InChI is InChI=1S/C16H15ClO3S/c1-12-6-8-13(9-7-12)16(18)11-21(19,20)10-14-4-2-3-5-15(14)17/h2-9H,10-11H2,1H3. The van der Waals surface area contributed by atoms with Gasteiger partial charge in [0.05, 0.1) is 5.75 Å². The van der Waals surface area contributed by atoms with Crippen molar-refractivity contribution in [3.05, 3.63) is 70.2 Å². The number of carbonyl (C=O) groups excluding carboxylic acids is 1. The van der Waals surface area contributed by atoms with Gasteiger partial charge in [-0.25, -0.2) is 8.42 Å². The lowest BCUT2D eigenvalue weighted by Gasteiger charge is -2.06. The molecule has 5 heteroatoms. The van der Waals surface area contributed by atoms with E-state index in [9.17, 15) is 13.2 Å². The quantitative estimate of drug-likeness (QED) is 0.792. The summed E-state index contributed by atoms with van der Waals surface area (Å²) in [6.45, 7) is 1.91. The number of ketones is 1. The van der Waals surface area contributed by atoms with E-state index in [4.69, 9.17) is 11.6 Å². The predicted molar refractivity (Wildman–Crippen MR) is 84.5 cm³/mol. The number of aryl methyl sites for hydroxylation is 1. The van der Waals surface area contributed by atoms with Crippen molar-refractivity contribution in [2.45, 2.75) is 12.7 Å². The lowest BCUT2D eigenvalue weighted by molar-refractivity contribution is 0.102. The third kappa shape index (κ3) is 4.41. The normalized spacial score (nSPS) is 11.3. The van der Waals surface area contributed by atoms with Crippen LogP contribution in [0.3, 0.4) is 0 Å². The molecule has 0 fully saturated rings. The van der Waals surface area contributed by atoms with E-state index in [2.05, 4.69) is 0 Å². The Morgan fingerprint density at radius 1 is 1.05 bits per heavy atom. The molecule has 2 aromatic rings. The Labute approximate surface area is 129 Å². The Balaban J connectivity index is 2.12. The van der Waals surface area contributed by atoms with Gasteiger partial charge in [0.1, 0.15) is 5.75 Å². The molecule has 0 unspecified atom stereocenters. The number of hydrogen-bond donors (Lipinski definition) is 0. The first-order chi connectivity index (χ1) is 9.87. The summed E-state index contributed by atoms with van der Waals surface area (Å²) in [6, 6.07) is 13.6. The predicted octanol–water partition coefficient (Wildman–Crippen LogP) is 3.45. The number of halogens is 1. The Bertz CT molecular complexity index is 749. The highest BCUT2D eigenvalue weighted by Gasteiger charge is 2.19. The van der Waals surface area contributed by atoms with E-state index >= 15 is 0 Å². The maximum atomic E-state index is 12.1. The Morgan fingerprint density at radius 2 is 1.67 bits per heavy atom. The van der Waals surface area contributed by atoms with E-state index in [0.29, 0.717) is 16.1 Å². The first kappa shape index (κ1) is 15.7. The molecule has 0 radical (unpaired) electrons. The third-order valence-corrected chi connectivity index (χ3v) is 4.88. The molecule has 21 heavy (non-hydrogen) atoms. The van der Waals surface area contributed by atoms with Crippen LogP contribution in [0.15, 0.2) is 48.5 Å². The molecule has 0 amide bonds. The van der Waals surface area contributed by atoms with E-state index in [1.165, 1.54) is 0 Å². The Morgan fingerprint density at radius 3 is 2.29 bits per heavy atom. The number of benzene rings is 2. The van der Waals surface area contributed by atoms with E-state index < -0.39 is 21.4 Å². The van der Waals surface area contributed by atoms with Crippen molar-refractivity contribution in [2.75, 3.05) is 5.75 Å². The van der Waals surface area contributed by atoms with Crippen LogP contribution >= 0.6 is 11.6 Å². The number of rotatable bonds is 5. The smallest absolute Gasteiger partial charge is 0.177 e. The lowest BCUT2D eigenvalue weighted by atomic mass is 10.1. The molecule has 0 atom stereocenters. The number of carbonyl (C=O) groups is 1. The van der Waals surface area contributed by atoms with Gasteiger partial charge >= 0.3 is 0 Å². The summed E-state index contributed by atoms with van der Waals surface area (Å²) in [7, 11) is -3.55. The molecule has 0 saturated heterocycles. The molecule has 3 nitrogen and oxygen atoms in total. The fourth-order valence-electron chi connectivity index (χ4n) is 1.93. The van der Waals surface area contributed by atoms with Gasteiger partial charge in [-0.15, -0.1) is 0 Å². The summed E-state index contributed by atoms with van der Waals surface area (Å²) in [6.07, 6.45) is 0. The zero-order valence-corrected chi connectivity index (χ0v) is 13.1. The molecule has 0 aliphatic carbocycles. The molecular weight excluding hydrogens is 308 g/mol. The van der Waals surface area contributed by atoms with Gasteiger partial charge in [-0.2, -0.15) is 0 Å². The van der Waals surface area contributed by atoms with Crippen LogP contribution in [-0.4, -0.2) is 20.0 Å². The molecule has 0 spiro atoms.